The molecule has 1 aromatic rings. The van der Waals surface area contributed by atoms with Crippen LogP contribution in [0.25, 0.3) is 0 Å². The van der Waals surface area contributed by atoms with E-state index in [1.165, 1.54) is 35.0 Å². The highest BCUT2D eigenvalue weighted by Crippen LogP contribution is 2.31. The van der Waals surface area contributed by atoms with Crippen LogP contribution in [0.5, 0.6) is 0 Å². The minimum Gasteiger partial charge on any atom is -0.368 e. The maximum atomic E-state index is 3.66. The molecule has 2 rings (SSSR count). The standard InChI is InChI=1S/C16H25BrN2/c1-4-9-18-14-8-10-19(12(2)11-14)16-7-5-6-15(17)13(16)3/h5-7,12,14,18H,4,8-11H2,1-3H3. The molecule has 0 bridgehead atoms. The predicted octanol–water partition coefficient (Wildman–Crippen LogP) is 4.11. The number of hydrogen-bond acceptors (Lipinski definition) is 2. The lowest BCUT2D eigenvalue weighted by Crippen LogP contribution is -2.47. The van der Waals surface area contributed by atoms with Crippen molar-refractivity contribution in [1.82, 2.24) is 5.32 Å². The van der Waals surface area contributed by atoms with E-state index < -0.39 is 0 Å². The van der Waals surface area contributed by atoms with Gasteiger partial charge in [-0.25, -0.2) is 0 Å². The van der Waals surface area contributed by atoms with Crippen molar-refractivity contribution < 1.29 is 0 Å². The number of benzene rings is 1. The second kappa shape index (κ2) is 6.76. The second-order valence-electron chi connectivity index (χ2n) is 5.60. The molecule has 19 heavy (non-hydrogen) atoms. The van der Waals surface area contributed by atoms with E-state index in [1.807, 2.05) is 0 Å². The Morgan fingerprint density at radius 3 is 2.89 bits per heavy atom. The average Bonchev–Trinajstić information content (AvgIpc) is 2.40. The molecule has 1 heterocycles. The zero-order chi connectivity index (χ0) is 13.8. The SMILES string of the molecule is CCCNC1CCN(c2cccc(Br)c2C)C(C)C1. The van der Waals surface area contributed by atoms with Crippen LogP contribution in [0.1, 0.15) is 38.7 Å². The maximum Gasteiger partial charge on any atom is 0.0409 e. The van der Waals surface area contributed by atoms with E-state index in [-0.39, 0.29) is 0 Å². The molecule has 0 radical (unpaired) electrons. The van der Waals surface area contributed by atoms with Crippen LogP contribution in [-0.2, 0) is 0 Å². The van der Waals surface area contributed by atoms with Crippen molar-refractivity contribution in [3.8, 4) is 0 Å². The van der Waals surface area contributed by atoms with E-state index >= 15 is 0 Å². The van der Waals surface area contributed by atoms with Crippen molar-refractivity contribution in [3.63, 3.8) is 0 Å². The Morgan fingerprint density at radius 1 is 1.42 bits per heavy atom. The molecule has 2 nitrogen and oxygen atoms in total. The number of halogens is 1. The van der Waals surface area contributed by atoms with E-state index in [9.17, 15) is 0 Å². The molecule has 2 atom stereocenters. The molecular formula is C16H25BrN2. The Labute approximate surface area is 125 Å². The highest BCUT2D eigenvalue weighted by molar-refractivity contribution is 9.10. The van der Waals surface area contributed by atoms with Gasteiger partial charge in [-0.2, -0.15) is 0 Å². The van der Waals surface area contributed by atoms with Crippen molar-refractivity contribution in [2.45, 2.75) is 52.1 Å². The van der Waals surface area contributed by atoms with Crippen molar-refractivity contribution >= 4 is 21.6 Å². The van der Waals surface area contributed by atoms with Gasteiger partial charge in [-0.05, 0) is 57.4 Å². The van der Waals surface area contributed by atoms with Gasteiger partial charge in [-0.15, -0.1) is 0 Å². The summed E-state index contributed by atoms with van der Waals surface area (Å²) in [5, 5.41) is 3.66. The Hall–Kier alpha value is -0.540. The summed E-state index contributed by atoms with van der Waals surface area (Å²) in [6, 6.07) is 7.81. The highest BCUT2D eigenvalue weighted by atomic mass is 79.9. The zero-order valence-electron chi connectivity index (χ0n) is 12.2. The van der Waals surface area contributed by atoms with Gasteiger partial charge in [0, 0.05) is 28.8 Å². The van der Waals surface area contributed by atoms with Crippen LogP contribution >= 0.6 is 15.9 Å². The molecule has 0 amide bonds. The van der Waals surface area contributed by atoms with Gasteiger partial charge in [0.2, 0.25) is 0 Å². The molecule has 0 saturated carbocycles. The van der Waals surface area contributed by atoms with E-state index in [2.05, 4.69) is 65.1 Å². The Kier molecular flexibility index (Phi) is 5.28. The Morgan fingerprint density at radius 2 is 2.21 bits per heavy atom. The van der Waals surface area contributed by atoms with Crippen LogP contribution in [0.15, 0.2) is 22.7 Å². The number of nitrogens with zero attached hydrogens (tertiary/aromatic N) is 1. The van der Waals surface area contributed by atoms with Crippen molar-refractivity contribution in [3.05, 3.63) is 28.2 Å². The molecule has 1 aromatic carbocycles. The lowest BCUT2D eigenvalue weighted by molar-refractivity contribution is 0.368. The molecule has 0 aromatic heterocycles. The third-order valence-corrected chi connectivity index (χ3v) is 4.97. The third-order valence-electron chi connectivity index (χ3n) is 4.11. The van der Waals surface area contributed by atoms with Gasteiger partial charge in [0.25, 0.3) is 0 Å². The first-order valence-corrected chi connectivity index (χ1v) is 8.18. The molecule has 1 N–H and O–H groups in total. The van der Waals surface area contributed by atoms with Crippen molar-refractivity contribution in [2.24, 2.45) is 0 Å². The first kappa shape index (κ1) is 14.9. The number of piperidine rings is 1. The van der Waals surface area contributed by atoms with Gasteiger partial charge in [-0.1, -0.05) is 28.9 Å². The molecule has 2 unspecified atom stereocenters. The average molecular weight is 325 g/mol. The molecule has 3 heteroatoms. The van der Waals surface area contributed by atoms with Gasteiger partial charge in [0.15, 0.2) is 0 Å². The van der Waals surface area contributed by atoms with E-state index in [4.69, 9.17) is 0 Å². The van der Waals surface area contributed by atoms with Crippen LogP contribution < -0.4 is 10.2 Å². The summed E-state index contributed by atoms with van der Waals surface area (Å²) in [4.78, 5) is 2.56. The normalized spacial score (nSPS) is 23.7. The van der Waals surface area contributed by atoms with Gasteiger partial charge in [-0.3, -0.25) is 0 Å². The van der Waals surface area contributed by atoms with Crippen LogP contribution in [0.2, 0.25) is 0 Å². The van der Waals surface area contributed by atoms with Crippen molar-refractivity contribution in [2.75, 3.05) is 18.0 Å². The molecule has 1 fully saturated rings. The maximum absolute atomic E-state index is 3.66. The molecule has 0 aliphatic carbocycles. The number of nitrogens with one attached hydrogen (secondary N) is 1. The van der Waals surface area contributed by atoms with Crippen LogP contribution in [0.4, 0.5) is 5.69 Å². The topological polar surface area (TPSA) is 15.3 Å². The molecule has 106 valence electrons. The van der Waals surface area contributed by atoms with Crippen LogP contribution in [-0.4, -0.2) is 25.2 Å². The first-order valence-electron chi connectivity index (χ1n) is 7.38. The summed E-state index contributed by atoms with van der Waals surface area (Å²) in [7, 11) is 0. The van der Waals surface area contributed by atoms with Gasteiger partial charge < -0.3 is 10.2 Å². The minimum atomic E-state index is 0.608. The molecule has 1 aliphatic heterocycles. The third kappa shape index (κ3) is 3.51. The lowest BCUT2D eigenvalue weighted by atomic mass is 9.96. The highest BCUT2D eigenvalue weighted by Gasteiger charge is 2.26. The lowest BCUT2D eigenvalue weighted by Gasteiger charge is -2.40. The molecule has 1 saturated heterocycles. The summed E-state index contributed by atoms with van der Waals surface area (Å²) in [6.45, 7) is 9.08. The van der Waals surface area contributed by atoms with E-state index in [0.717, 1.165) is 13.1 Å². The fourth-order valence-corrected chi connectivity index (χ4v) is 3.33. The predicted molar refractivity (Wildman–Crippen MR) is 87.0 cm³/mol. The monoisotopic (exact) mass is 324 g/mol. The fraction of sp³-hybridized carbons (Fsp3) is 0.625. The fourth-order valence-electron chi connectivity index (χ4n) is 2.97. The quantitative estimate of drug-likeness (QED) is 0.896. The largest absolute Gasteiger partial charge is 0.368 e. The summed E-state index contributed by atoms with van der Waals surface area (Å²) in [5.74, 6) is 0. The molecule has 0 spiro atoms. The van der Waals surface area contributed by atoms with Gasteiger partial charge in [0.1, 0.15) is 0 Å². The molecular weight excluding hydrogens is 300 g/mol. The Balaban J connectivity index is 2.05. The van der Waals surface area contributed by atoms with E-state index in [0.29, 0.717) is 12.1 Å². The summed E-state index contributed by atoms with van der Waals surface area (Å²) >= 11 is 3.64. The second-order valence-corrected chi connectivity index (χ2v) is 6.46. The molecule has 1 aliphatic rings. The summed E-state index contributed by atoms with van der Waals surface area (Å²) in [5.41, 5.74) is 2.74. The smallest absolute Gasteiger partial charge is 0.0409 e. The first-order chi connectivity index (χ1) is 9.13. The zero-order valence-corrected chi connectivity index (χ0v) is 13.8. The van der Waals surface area contributed by atoms with Crippen molar-refractivity contribution in [1.29, 1.82) is 0 Å². The van der Waals surface area contributed by atoms with E-state index in [1.54, 1.807) is 0 Å². The summed E-state index contributed by atoms with van der Waals surface area (Å²) in [6.07, 6.45) is 3.71. The van der Waals surface area contributed by atoms with Crippen LogP contribution in [0, 0.1) is 6.92 Å². The number of hydrogen-bond donors (Lipinski definition) is 1. The minimum absolute atomic E-state index is 0.608. The van der Waals surface area contributed by atoms with Crippen LogP contribution in [0.3, 0.4) is 0 Å². The van der Waals surface area contributed by atoms with Gasteiger partial charge >= 0.3 is 0 Å². The number of anilines is 1. The Bertz CT molecular complexity index is 419. The summed E-state index contributed by atoms with van der Waals surface area (Å²) < 4.78 is 1.21. The van der Waals surface area contributed by atoms with Gasteiger partial charge in [0.05, 0.1) is 0 Å². The number of rotatable bonds is 4.